The number of aromatic nitrogens is 3. The number of amides is 1. The minimum atomic E-state index is -0.394. The predicted octanol–water partition coefficient (Wildman–Crippen LogP) is 2.23. The first-order valence-electron chi connectivity index (χ1n) is 6.76. The fourth-order valence-corrected chi connectivity index (χ4v) is 2.22. The second kappa shape index (κ2) is 7.68. The van der Waals surface area contributed by atoms with E-state index in [0.29, 0.717) is 17.6 Å². The minimum absolute atomic E-state index is 0.159. The van der Waals surface area contributed by atoms with Gasteiger partial charge >= 0.3 is 0 Å². The van der Waals surface area contributed by atoms with Gasteiger partial charge in [-0.2, -0.15) is 0 Å². The molecule has 0 aliphatic rings. The van der Waals surface area contributed by atoms with Crippen LogP contribution in [0.1, 0.15) is 19.8 Å². The summed E-state index contributed by atoms with van der Waals surface area (Å²) in [6.45, 7) is 2.79. The molecule has 21 heavy (non-hydrogen) atoms. The third kappa shape index (κ3) is 4.49. The standard InChI is InChI=1S/C14H18N4O2S/c1-2-3-8-20-11-7-5-4-6-10(11)13-16-14(18-17-13)21-9-12(15)19/h4-7H,2-3,8-9H2,1H3,(H2,15,19)(H,16,17,18). The van der Waals surface area contributed by atoms with E-state index in [1.807, 2.05) is 24.3 Å². The van der Waals surface area contributed by atoms with Gasteiger partial charge in [0.2, 0.25) is 11.1 Å². The van der Waals surface area contributed by atoms with Crippen molar-refractivity contribution in [2.24, 2.45) is 5.73 Å². The predicted molar refractivity (Wildman–Crippen MR) is 82.1 cm³/mol. The van der Waals surface area contributed by atoms with E-state index in [0.717, 1.165) is 24.2 Å². The number of H-pyrrole nitrogens is 1. The highest BCUT2D eigenvalue weighted by molar-refractivity contribution is 7.99. The highest BCUT2D eigenvalue weighted by Gasteiger charge is 2.11. The smallest absolute Gasteiger partial charge is 0.227 e. The largest absolute Gasteiger partial charge is 0.493 e. The molecule has 1 heterocycles. The van der Waals surface area contributed by atoms with Crippen molar-refractivity contribution in [3.05, 3.63) is 24.3 Å². The van der Waals surface area contributed by atoms with Crippen LogP contribution in [-0.2, 0) is 4.79 Å². The van der Waals surface area contributed by atoms with Gasteiger partial charge in [-0.15, -0.1) is 5.10 Å². The molecule has 112 valence electrons. The number of ether oxygens (including phenoxy) is 1. The molecular weight excluding hydrogens is 288 g/mol. The summed E-state index contributed by atoms with van der Waals surface area (Å²) in [6.07, 6.45) is 2.09. The van der Waals surface area contributed by atoms with Crippen LogP contribution >= 0.6 is 11.8 Å². The molecule has 0 aliphatic heterocycles. The molecule has 1 aromatic carbocycles. The van der Waals surface area contributed by atoms with E-state index in [-0.39, 0.29) is 5.75 Å². The van der Waals surface area contributed by atoms with Gasteiger partial charge in [0.1, 0.15) is 5.75 Å². The Morgan fingerprint density at radius 2 is 2.24 bits per heavy atom. The lowest BCUT2D eigenvalue weighted by molar-refractivity contribution is -0.115. The molecule has 0 saturated carbocycles. The lowest BCUT2D eigenvalue weighted by Crippen LogP contribution is -2.13. The summed E-state index contributed by atoms with van der Waals surface area (Å²) in [6, 6.07) is 7.67. The number of nitrogens with two attached hydrogens (primary N) is 1. The molecule has 1 aromatic heterocycles. The van der Waals surface area contributed by atoms with Gasteiger partial charge in [-0.25, -0.2) is 4.98 Å². The Bertz CT molecular complexity index is 600. The Hall–Kier alpha value is -2.02. The zero-order valence-electron chi connectivity index (χ0n) is 11.8. The van der Waals surface area contributed by atoms with Crippen molar-refractivity contribution in [1.29, 1.82) is 0 Å². The first kappa shape index (κ1) is 15.4. The number of primary amides is 1. The molecule has 2 rings (SSSR count). The molecule has 0 spiro atoms. The summed E-state index contributed by atoms with van der Waals surface area (Å²) in [7, 11) is 0. The summed E-state index contributed by atoms with van der Waals surface area (Å²) in [5.74, 6) is 1.16. The maximum absolute atomic E-state index is 10.8. The Kier molecular flexibility index (Phi) is 5.62. The number of rotatable bonds is 8. The van der Waals surface area contributed by atoms with E-state index < -0.39 is 5.91 Å². The maximum Gasteiger partial charge on any atom is 0.227 e. The van der Waals surface area contributed by atoms with Gasteiger partial charge in [0, 0.05) is 0 Å². The Labute approximate surface area is 127 Å². The number of nitrogens with zero attached hydrogens (tertiary/aromatic N) is 2. The molecule has 0 radical (unpaired) electrons. The van der Waals surface area contributed by atoms with Crippen molar-refractivity contribution in [2.45, 2.75) is 24.9 Å². The second-order valence-corrected chi connectivity index (χ2v) is 5.36. The fourth-order valence-electron chi connectivity index (χ4n) is 1.68. The molecule has 2 aromatic rings. The summed E-state index contributed by atoms with van der Waals surface area (Å²) in [5.41, 5.74) is 5.96. The van der Waals surface area contributed by atoms with Gasteiger partial charge < -0.3 is 10.5 Å². The summed E-state index contributed by atoms with van der Waals surface area (Å²) in [5, 5.41) is 7.42. The number of unbranched alkanes of at least 4 members (excludes halogenated alkanes) is 1. The zero-order chi connectivity index (χ0) is 15.1. The van der Waals surface area contributed by atoms with Crippen LogP contribution in [0.25, 0.3) is 11.4 Å². The summed E-state index contributed by atoms with van der Waals surface area (Å²) in [4.78, 5) is 15.1. The van der Waals surface area contributed by atoms with Crippen LogP contribution in [0, 0.1) is 0 Å². The van der Waals surface area contributed by atoms with Gasteiger partial charge in [-0.1, -0.05) is 37.2 Å². The number of carbonyl (C=O) groups excluding carboxylic acids is 1. The Balaban J connectivity index is 2.12. The lowest BCUT2D eigenvalue weighted by Gasteiger charge is -2.08. The number of nitrogens with one attached hydrogen (secondary N) is 1. The lowest BCUT2D eigenvalue weighted by atomic mass is 10.2. The Morgan fingerprint density at radius 1 is 1.43 bits per heavy atom. The van der Waals surface area contributed by atoms with Gasteiger partial charge in [0.25, 0.3) is 0 Å². The third-order valence-corrected chi connectivity index (χ3v) is 3.58. The molecule has 0 fully saturated rings. The van der Waals surface area contributed by atoms with Crippen LogP contribution in [0.2, 0.25) is 0 Å². The van der Waals surface area contributed by atoms with E-state index in [2.05, 4.69) is 22.1 Å². The molecule has 3 N–H and O–H groups in total. The van der Waals surface area contributed by atoms with Crippen LogP contribution in [0.5, 0.6) is 5.75 Å². The minimum Gasteiger partial charge on any atom is -0.493 e. The topological polar surface area (TPSA) is 93.9 Å². The number of aromatic amines is 1. The van der Waals surface area contributed by atoms with Crippen LogP contribution in [0.3, 0.4) is 0 Å². The number of hydrogen-bond acceptors (Lipinski definition) is 5. The van der Waals surface area contributed by atoms with Gasteiger partial charge in [0.05, 0.1) is 17.9 Å². The first-order valence-corrected chi connectivity index (χ1v) is 7.75. The van der Waals surface area contributed by atoms with Gasteiger partial charge in [-0.05, 0) is 18.6 Å². The number of hydrogen-bond donors (Lipinski definition) is 2. The van der Waals surface area contributed by atoms with E-state index in [9.17, 15) is 4.79 Å². The average Bonchev–Trinajstić information content (AvgIpc) is 2.95. The molecule has 7 heteroatoms. The SMILES string of the molecule is CCCCOc1ccccc1-c1nc(SCC(N)=O)n[nH]1. The van der Waals surface area contributed by atoms with Crippen molar-refractivity contribution in [1.82, 2.24) is 15.2 Å². The van der Waals surface area contributed by atoms with E-state index in [4.69, 9.17) is 10.5 Å². The monoisotopic (exact) mass is 306 g/mol. The highest BCUT2D eigenvalue weighted by atomic mass is 32.2. The van der Waals surface area contributed by atoms with Crippen molar-refractivity contribution in [2.75, 3.05) is 12.4 Å². The quantitative estimate of drug-likeness (QED) is 0.576. The molecule has 0 atom stereocenters. The molecule has 0 unspecified atom stereocenters. The van der Waals surface area contributed by atoms with Crippen LogP contribution in [0.4, 0.5) is 0 Å². The van der Waals surface area contributed by atoms with E-state index in [1.165, 1.54) is 11.8 Å². The van der Waals surface area contributed by atoms with Crippen molar-refractivity contribution in [3.63, 3.8) is 0 Å². The highest BCUT2D eigenvalue weighted by Crippen LogP contribution is 2.28. The number of benzene rings is 1. The van der Waals surface area contributed by atoms with Crippen molar-refractivity contribution < 1.29 is 9.53 Å². The third-order valence-electron chi connectivity index (χ3n) is 2.71. The van der Waals surface area contributed by atoms with Crippen LogP contribution < -0.4 is 10.5 Å². The molecule has 6 nitrogen and oxygen atoms in total. The fraction of sp³-hybridized carbons (Fsp3) is 0.357. The van der Waals surface area contributed by atoms with Gasteiger partial charge in [0.15, 0.2) is 5.82 Å². The Morgan fingerprint density at radius 3 is 3.00 bits per heavy atom. The summed E-state index contributed by atoms with van der Waals surface area (Å²) < 4.78 is 5.77. The van der Waals surface area contributed by atoms with Crippen molar-refractivity contribution >= 4 is 17.7 Å². The van der Waals surface area contributed by atoms with E-state index in [1.54, 1.807) is 0 Å². The molecular formula is C14H18N4O2S. The van der Waals surface area contributed by atoms with E-state index >= 15 is 0 Å². The molecule has 0 aliphatic carbocycles. The number of para-hydroxylation sites is 1. The van der Waals surface area contributed by atoms with Crippen molar-refractivity contribution in [3.8, 4) is 17.1 Å². The van der Waals surface area contributed by atoms with Crippen LogP contribution in [-0.4, -0.2) is 33.4 Å². The maximum atomic E-state index is 10.8. The molecule has 0 bridgehead atoms. The zero-order valence-corrected chi connectivity index (χ0v) is 12.7. The number of thioether (sulfide) groups is 1. The van der Waals surface area contributed by atoms with Gasteiger partial charge in [-0.3, -0.25) is 9.89 Å². The molecule has 1 amide bonds. The number of carbonyl (C=O) groups is 1. The average molecular weight is 306 g/mol. The van der Waals surface area contributed by atoms with Crippen LogP contribution in [0.15, 0.2) is 29.4 Å². The normalized spacial score (nSPS) is 10.5. The first-order chi connectivity index (χ1) is 10.2. The molecule has 0 saturated heterocycles. The summed E-state index contributed by atoms with van der Waals surface area (Å²) >= 11 is 1.20. The second-order valence-electron chi connectivity index (χ2n) is 4.42.